The maximum absolute atomic E-state index is 9.11. The number of imidazole rings is 1. The normalized spacial score (nSPS) is 14.2. The van der Waals surface area contributed by atoms with Crippen molar-refractivity contribution in [2.24, 2.45) is 0 Å². The summed E-state index contributed by atoms with van der Waals surface area (Å²) in [6.45, 7) is 0. The number of halogens is 2. The van der Waals surface area contributed by atoms with Crippen LogP contribution in [-0.4, -0.2) is 19.5 Å². The molecule has 0 bridgehead atoms. The lowest BCUT2D eigenvalue weighted by molar-refractivity contribution is 0.774. The van der Waals surface area contributed by atoms with Gasteiger partial charge in [-0.3, -0.25) is 0 Å². The van der Waals surface area contributed by atoms with Crippen LogP contribution in [-0.2, 0) is 0 Å². The van der Waals surface area contributed by atoms with Crippen molar-refractivity contribution in [3.8, 4) is 17.5 Å². The number of benzene rings is 1. The molecular weight excluding hydrogens is 321 g/mol. The number of fused-ring (bicyclic) bond motifs is 1. The number of hydrogen-bond donors (Lipinski definition) is 0. The Balaban J connectivity index is 2.01. The topological polar surface area (TPSA) is 67.4 Å². The highest BCUT2D eigenvalue weighted by Gasteiger charge is 2.29. The molecule has 2 heterocycles. The monoisotopic (exact) mass is 329 g/mol. The molecule has 2 aromatic heterocycles. The molecule has 7 heteroatoms. The summed E-state index contributed by atoms with van der Waals surface area (Å²) in [6.07, 6.45) is 3.76. The SMILES string of the molecule is N#Cc1ccc2nc(-c3cnc(Cl)nc3Cl)n(C3CC3)c2c1. The Bertz CT molecular complexity index is 937. The molecule has 1 saturated carbocycles. The molecule has 3 aromatic rings. The van der Waals surface area contributed by atoms with Crippen molar-refractivity contribution in [3.05, 3.63) is 40.4 Å². The van der Waals surface area contributed by atoms with Crippen LogP contribution in [0.3, 0.4) is 0 Å². The van der Waals surface area contributed by atoms with Gasteiger partial charge >= 0.3 is 0 Å². The predicted octanol–water partition coefficient (Wildman–Crippen LogP) is 4.01. The van der Waals surface area contributed by atoms with Crippen molar-refractivity contribution in [3.63, 3.8) is 0 Å². The van der Waals surface area contributed by atoms with Crippen LogP contribution in [0.15, 0.2) is 24.4 Å². The zero-order valence-corrected chi connectivity index (χ0v) is 12.8. The quantitative estimate of drug-likeness (QED) is 0.526. The van der Waals surface area contributed by atoms with E-state index in [1.165, 1.54) is 0 Å². The van der Waals surface area contributed by atoms with Crippen molar-refractivity contribution in [1.82, 2.24) is 19.5 Å². The van der Waals surface area contributed by atoms with E-state index in [9.17, 15) is 0 Å². The molecule has 0 atom stereocenters. The first kappa shape index (κ1) is 13.5. The van der Waals surface area contributed by atoms with E-state index < -0.39 is 0 Å². The number of nitrogens with zero attached hydrogens (tertiary/aromatic N) is 5. The van der Waals surface area contributed by atoms with E-state index in [1.807, 2.05) is 12.1 Å². The van der Waals surface area contributed by atoms with Crippen LogP contribution in [0.5, 0.6) is 0 Å². The fourth-order valence-electron chi connectivity index (χ4n) is 2.55. The molecular formula is C15H9Cl2N5. The van der Waals surface area contributed by atoms with Crippen LogP contribution in [0.4, 0.5) is 0 Å². The average molecular weight is 330 g/mol. The minimum Gasteiger partial charge on any atom is -0.321 e. The largest absolute Gasteiger partial charge is 0.321 e. The molecule has 108 valence electrons. The molecule has 0 saturated heterocycles. The van der Waals surface area contributed by atoms with E-state index in [0.29, 0.717) is 23.0 Å². The minimum atomic E-state index is 0.106. The van der Waals surface area contributed by atoms with Crippen molar-refractivity contribution in [2.75, 3.05) is 0 Å². The Labute approximate surface area is 136 Å². The number of hydrogen-bond acceptors (Lipinski definition) is 4. The van der Waals surface area contributed by atoms with Crippen LogP contribution in [0, 0.1) is 11.3 Å². The lowest BCUT2D eigenvalue weighted by Gasteiger charge is -2.08. The van der Waals surface area contributed by atoms with Gasteiger partial charge in [-0.1, -0.05) is 11.6 Å². The van der Waals surface area contributed by atoms with Gasteiger partial charge in [0.1, 0.15) is 11.0 Å². The van der Waals surface area contributed by atoms with Gasteiger partial charge in [-0.15, -0.1) is 0 Å². The Hall–Kier alpha value is -2.16. The molecule has 0 unspecified atom stereocenters. The summed E-state index contributed by atoms with van der Waals surface area (Å²) in [5.41, 5.74) is 3.02. The summed E-state index contributed by atoms with van der Waals surface area (Å²) >= 11 is 12.0. The third kappa shape index (κ3) is 2.12. The highest BCUT2D eigenvalue weighted by Crippen LogP contribution is 2.42. The number of rotatable bonds is 2. The lowest BCUT2D eigenvalue weighted by atomic mass is 10.2. The summed E-state index contributed by atoms with van der Waals surface area (Å²) in [6, 6.07) is 8.00. The molecule has 0 radical (unpaired) electrons. The minimum absolute atomic E-state index is 0.106. The first-order valence-corrected chi connectivity index (χ1v) is 7.53. The van der Waals surface area contributed by atoms with E-state index in [2.05, 4.69) is 25.6 Å². The molecule has 0 amide bonds. The smallest absolute Gasteiger partial charge is 0.223 e. The van der Waals surface area contributed by atoms with Gasteiger partial charge in [-0.05, 0) is 42.6 Å². The van der Waals surface area contributed by atoms with E-state index in [0.717, 1.165) is 23.9 Å². The second kappa shape index (κ2) is 4.94. The molecule has 0 aliphatic heterocycles. The third-order valence-corrected chi connectivity index (χ3v) is 4.15. The van der Waals surface area contributed by atoms with Crippen LogP contribution in [0.1, 0.15) is 24.4 Å². The Kier molecular flexibility index (Phi) is 3.03. The van der Waals surface area contributed by atoms with E-state index >= 15 is 0 Å². The van der Waals surface area contributed by atoms with Crippen LogP contribution in [0.25, 0.3) is 22.4 Å². The summed E-state index contributed by atoms with van der Waals surface area (Å²) in [5.74, 6) is 0.717. The predicted molar refractivity (Wildman–Crippen MR) is 83.8 cm³/mol. The Morgan fingerprint density at radius 3 is 2.73 bits per heavy atom. The molecule has 0 spiro atoms. The fraction of sp³-hybridized carbons (Fsp3) is 0.200. The van der Waals surface area contributed by atoms with Crippen LogP contribution in [0.2, 0.25) is 10.4 Å². The zero-order chi connectivity index (χ0) is 15.3. The second-order valence-electron chi connectivity index (χ2n) is 5.20. The Morgan fingerprint density at radius 2 is 2.05 bits per heavy atom. The molecule has 1 aliphatic rings. The van der Waals surface area contributed by atoms with Gasteiger partial charge in [-0.25, -0.2) is 15.0 Å². The fourth-order valence-corrected chi connectivity index (χ4v) is 2.94. The maximum Gasteiger partial charge on any atom is 0.223 e. The first-order chi connectivity index (χ1) is 10.7. The molecule has 1 aliphatic carbocycles. The van der Waals surface area contributed by atoms with Crippen molar-refractivity contribution < 1.29 is 0 Å². The molecule has 0 N–H and O–H groups in total. The molecule has 1 aromatic carbocycles. The molecule has 5 nitrogen and oxygen atoms in total. The summed E-state index contributed by atoms with van der Waals surface area (Å²) in [5, 5.41) is 9.49. The van der Waals surface area contributed by atoms with E-state index in [1.54, 1.807) is 12.3 Å². The highest BCUT2D eigenvalue weighted by atomic mass is 35.5. The standard InChI is InChI=1S/C15H9Cl2N5/c16-13-10(7-19-15(17)21-13)14-20-11-4-1-8(6-18)5-12(11)22(14)9-2-3-9/h1,4-5,7,9H,2-3H2. The van der Waals surface area contributed by atoms with Crippen molar-refractivity contribution in [2.45, 2.75) is 18.9 Å². The first-order valence-electron chi connectivity index (χ1n) is 6.78. The van der Waals surface area contributed by atoms with E-state index in [4.69, 9.17) is 28.5 Å². The van der Waals surface area contributed by atoms with E-state index in [-0.39, 0.29) is 10.4 Å². The van der Waals surface area contributed by atoms with Gasteiger partial charge in [0, 0.05) is 12.2 Å². The summed E-state index contributed by atoms with van der Waals surface area (Å²) in [4.78, 5) is 12.7. The van der Waals surface area contributed by atoms with Gasteiger partial charge in [0.05, 0.1) is 28.2 Å². The molecule has 4 rings (SSSR count). The van der Waals surface area contributed by atoms with Gasteiger partial charge in [0.25, 0.3) is 0 Å². The molecule has 22 heavy (non-hydrogen) atoms. The highest BCUT2D eigenvalue weighted by molar-refractivity contribution is 6.33. The molecule has 1 fully saturated rings. The van der Waals surface area contributed by atoms with Crippen LogP contribution < -0.4 is 0 Å². The lowest BCUT2D eigenvalue weighted by Crippen LogP contribution is -1.99. The summed E-state index contributed by atoms with van der Waals surface area (Å²) in [7, 11) is 0. The summed E-state index contributed by atoms with van der Waals surface area (Å²) < 4.78 is 2.12. The van der Waals surface area contributed by atoms with Gasteiger partial charge in [-0.2, -0.15) is 5.26 Å². The number of nitriles is 1. The van der Waals surface area contributed by atoms with Gasteiger partial charge in [0.2, 0.25) is 5.28 Å². The Morgan fingerprint density at radius 1 is 1.23 bits per heavy atom. The zero-order valence-electron chi connectivity index (χ0n) is 11.3. The second-order valence-corrected chi connectivity index (χ2v) is 5.89. The average Bonchev–Trinajstić information content (AvgIpc) is 3.27. The number of aromatic nitrogens is 4. The van der Waals surface area contributed by atoms with Crippen molar-refractivity contribution in [1.29, 1.82) is 5.26 Å². The van der Waals surface area contributed by atoms with Gasteiger partial charge < -0.3 is 4.57 Å². The third-order valence-electron chi connectivity index (χ3n) is 3.68. The maximum atomic E-state index is 9.11. The van der Waals surface area contributed by atoms with Gasteiger partial charge in [0.15, 0.2) is 0 Å². The van der Waals surface area contributed by atoms with Crippen LogP contribution >= 0.6 is 23.2 Å². The van der Waals surface area contributed by atoms with Crippen molar-refractivity contribution >= 4 is 34.2 Å².